The van der Waals surface area contributed by atoms with Gasteiger partial charge < -0.3 is 15.3 Å². The molecule has 0 spiro atoms. The van der Waals surface area contributed by atoms with Gasteiger partial charge in [0.25, 0.3) is 0 Å². The van der Waals surface area contributed by atoms with Crippen molar-refractivity contribution in [3.8, 4) is 0 Å². The molecule has 0 aromatic carbocycles. The van der Waals surface area contributed by atoms with E-state index in [0.717, 1.165) is 25.7 Å². The first kappa shape index (κ1) is 14.2. The lowest BCUT2D eigenvalue weighted by molar-refractivity contribution is -0.138. The maximum atomic E-state index is 12.1. The number of amides is 2. The van der Waals surface area contributed by atoms with E-state index in [0.29, 0.717) is 5.69 Å². The zero-order chi connectivity index (χ0) is 14.4. The number of nitrogens with one attached hydrogen (secondary N) is 1. The van der Waals surface area contributed by atoms with Crippen molar-refractivity contribution in [2.45, 2.75) is 38.3 Å². The molecule has 7 heteroatoms. The minimum atomic E-state index is -0.994. The van der Waals surface area contributed by atoms with Crippen molar-refractivity contribution < 1.29 is 14.7 Å². The molecule has 0 atom stereocenters. The maximum Gasteiger partial charge on any atom is 0.323 e. The minimum absolute atomic E-state index is 0.0213. The Morgan fingerprint density at radius 3 is 2.75 bits per heavy atom. The van der Waals surface area contributed by atoms with Gasteiger partial charge in [0.15, 0.2) is 0 Å². The Morgan fingerprint density at radius 1 is 1.40 bits per heavy atom. The summed E-state index contributed by atoms with van der Waals surface area (Å²) in [6.45, 7) is -0.0213. The van der Waals surface area contributed by atoms with E-state index in [2.05, 4.69) is 15.5 Å². The first-order valence-corrected chi connectivity index (χ1v) is 6.69. The van der Waals surface area contributed by atoms with Crippen molar-refractivity contribution >= 4 is 12.0 Å². The molecule has 108 valence electrons. The Kier molecular flexibility index (Phi) is 4.86. The predicted octanol–water partition coefficient (Wildman–Crippen LogP) is 1.02. The molecule has 0 aliphatic heterocycles. The third-order valence-corrected chi connectivity index (χ3v) is 3.38. The Balaban J connectivity index is 1.93. The lowest BCUT2D eigenvalue weighted by Crippen LogP contribution is -2.47. The Hall–Kier alpha value is -2.18. The van der Waals surface area contributed by atoms with Crippen molar-refractivity contribution in [1.82, 2.24) is 20.4 Å². The van der Waals surface area contributed by atoms with Crippen molar-refractivity contribution in [3.63, 3.8) is 0 Å². The molecular formula is C13H18N4O3. The number of carbonyl (C=O) groups is 2. The molecule has 1 fully saturated rings. The van der Waals surface area contributed by atoms with Crippen LogP contribution in [0.1, 0.15) is 31.4 Å². The van der Waals surface area contributed by atoms with E-state index < -0.39 is 5.97 Å². The van der Waals surface area contributed by atoms with Crippen molar-refractivity contribution in [2.75, 3.05) is 6.54 Å². The molecular weight excluding hydrogens is 260 g/mol. The van der Waals surface area contributed by atoms with Gasteiger partial charge in [0, 0.05) is 12.2 Å². The van der Waals surface area contributed by atoms with Crippen LogP contribution in [0.3, 0.4) is 0 Å². The van der Waals surface area contributed by atoms with E-state index in [1.165, 1.54) is 4.90 Å². The third-order valence-electron chi connectivity index (χ3n) is 3.38. The van der Waals surface area contributed by atoms with Gasteiger partial charge in [0.05, 0.1) is 12.2 Å². The van der Waals surface area contributed by atoms with E-state index in [1.54, 1.807) is 18.3 Å². The molecule has 1 aliphatic rings. The maximum absolute atomic E-state index is 12.1. The Morgan fingerprint density at radius 2 is 2.15 bits per heavy atom. The SMILES string of the molecule is O=C(O)CN(C(=O)NCc1cccnn1)C1CCCC1. The number of carboxylic acids is 1. The molecule has 1 aromatic heterocycles. The van der Waals surface area contributed by atoms with Crippen LogP contribution >= 0.6 is 0 Å². The van der Waals surface area contributed by atoms with Crippen molar-refractivity contribution in [2.24, 2.45) is 0 Å². The quantitative estimate of drug-likeness (QED) is 0.838. The largest absolute Gasteiger partial charge is 0.480 e. The number of nitrogens with zero attached hydrogens (tertiary/aromatic N) is 3. The molecule has 7 nitrogen and oxygen atoms in total. The molecule has 0 bridgehead atoms. The van der Waals surface area contributed by atoms with Crippen LogP contribution in [-0.2, 0) is 11.3 Å². The smallest absolute Gasteiger partial charge is 0.323 e. The van der Waals surface area contributed by atoms with Crippen LogP contribution in [0.4, 0.5) is 4.79 Å². The van der Waals surface area contributed by atoms with Crippen LogP contribution in [0.15, 0.2) is 18.3 Å². The number of aromatic nitrogens is 2. The zero-order valence-corrected chi connectivity index (χ0v) is 11.2. The van der Waals surface area contributed by atoms with Gasteiger partial charge in [-0.25, -0.2) is 4.79 Å². The zero-order valence-electron chi connectivity index (χ0n) is 11.2. The van der Waals surface area contributed by atoms with E-state index in [4.69, 9.17) is 5.11 Å². The first-order chi connectivity index (χ1) is 9.66. The minimum Gasteiger partial charge on any atom is -0.480 e. The highest BCUT2D eigenvalue weighted by molar-refractivity contribution is 5.80. The fourth-order valence-corrected chi connectivity index (χ4v) is 2.42. The summed E-state index contributed by atoms with van der Waals surface area (Å²) in [6.07, 6.45) is 5.37. The number of rotatable bonds is 5. The summed E-state index contributed by atoms with van der Waals surface area (Å²) in [4.78, 5) is 24.5. The lowest BCUT2D eigenvalue weighted by atomic mass is 10.2. The fraction of sp³-hybridized carbons (Fsp3) is 0.538. The summed E-state index contributed by atoms with van der Waals surface area (Å²) in [7, 11) is 0. The van der Waals surface area contributed by atoms with Gasteiger partial charge in [-0.15, -0.1) is 0 Å². The highest BCUT2D eigenvalue weighted by Gasteiger charge is 2.28. The Bertz CT molecular complexity index is 460. The summed E-state index contributed by atoms with van der Waals surface area (Å²) >= 11 is 0. The lowest BCUT2D eigenvalue weighted by Gasteiger charge is -2.27. The number of hydrogen-bond donors (Lipinski definition) is 2. The van der Waals surface area contributed by atoms with Crippen LogP contribution in [0.25, 0.3) is 0 Å². The molecule has 1 heterocycles. The van der Waals surface area contributed by atoms with E-state index in [9.17, 15) is 9.59 Å². The van der Waals surface area contributed by atoms with Gasteiger partial charge in [0.1, 0.15) is 6.54 Å². The summed E-state index contributed by atoms with van der Waals surface area (Å²) in [5.41, 5.74) is 0.641. The number of aliphatic carboxylic acids is 1. The van der Waals surface area contributed by atoms with E-state index >= 15 is 0 Å². The molecule has 1 saturated carbocycles. The van der Waals surface area contributed by atoms with Crippen molar-refractivity contribution in [3.05, 3.63) is 24.0 Å². The highest BCUT2D eigenvalue weighted by Crippen LogP contribution is 2.23. The monoisotopic (exact) mass is 278 g/mol. The van der Waals surface area contributed by atoms with Gasteiger partial charge in [-0.05, 0) is 25.0 Å². The molecule has 2 N–H and O–H groups in total. The summed E-state index contributed by atoms with van der Waals surface area (Å²) in [6, 6.07) is 3.16. The summed E-state index contributed by atoms with van der Waals surface area (Å²) in [5, 5.41) is 19.2. The molecule has 0 unspecified atom stereocenters. The second-order valence-electron chi connectivity index (χ2n) is 4.83. The van der Waals surface area contributed by atoms with Crippen LogP contribution in [-0.4, -0.2) is 44.8 Å². The molecule has 1 aromatic rings. The molecule has 20 heavy (non-hydrogen) atoms. The Labute approximate surface area is 117 Å². The fourth-order valence-electron chi connectivity index (χ4n) is 2.42. The number of hydrogen-bond acceptors (Lipinski definition) is 4. The van der Waals surface area contributed by atoms with E-state index in [-0.39, 0.29) is 25.2 Å². The van der Waals surface area contributed by atoms with Crippen LogP contribution in [0.5, 0.6) is 0 Å². The van der Waals surface area contributed by atoms with Crippen LogP contribution in [0, 0.1) is 0 Å². The summed E-state index contributed by atoms with van der Waals surface area (Å²) < 4.78 is 0. The van der Waals surface area contributed by atoms with Gasteiger partial charge in [0.2, 0.25) is 0 Å². The van der Waals surface area contributed by atoms with Gasteiger partial charge in [-0.2, -0.15) is 10.2 Å². The molecule has 0 saturated heterocycles. The second-order valence-corrected chi connectivity index (χ2v) is 4.83. The van der Waals surface area contributed by atoms with Gasteiger partial charge >= 0.3 is 12.0 Å². The number of urea groups is 1. The average Bonchev–Trinajstić information content (AvgIpc) is 2.97. The third kappa shape index (κ3) is 3.91. The van der Waals surface area contributed by atoms with Gasteiger partial charge in [-0.3, -0.25) is 4.79 Å². The number of carbonyl (C=O) groups excluding carboxylic acids is 1. The highest BCUT2D eigenvalue weighted by atomic mass is 16.4. The van der Waals surface area contributed by atoms with Crippen LogP contribution < -0.4 is 5.32 Å². The summed E-state index contributed by atoms with van der Waals surface area (Å²) in [5.74, 6) is -0.994. The molecule has 1 aliphatic carbocycles. The molecule has 2 amide bonds. The molecule has 2 rings (SSSR count). The predicted molar refractivity (Wildman–Crippen MR) is 70.9 cm³/mol. The van der Waals surface area contributed by atoms with Crippen molar-refractivity contribution in [1.29, 1.82) is 0 Å². The normalized spacial score (nSPS) is 15.0. The second kappa shape index (κ2) is 6.83. The topological polar surface area (TPSA) is 95.4 Å². The molecule has 0 radical (unpaired) electrons. The van der Waals surface area contributed by atoms with Crippen LogP contribution in [0.2, 0.25) is 0 Å². The average molecular weight is 278 g/mol. The van der Waals surface area contributed by atoms with Gasteiger partial charge in [-0.1, -0.05) is 12.8 Å². The first-order valence-electron chi connectivity index (χ1n) is 6.69. The number of carboxylic acid groups (broad SMARTS) is 1. The standard InChI is InChI=1S/C13H18N4O3/c18-12(19)9-17(11-5-1-2-6-11)13(20)14-8-10-4-3-7-15-16-10/h3-4,7,11H,1-2,5-6,8-9H2,(H,14,20)(H,18,19). The van der Waals surface area contributed by atoms with E-state index in [1.807, 2.05) is 0 Å².